The summed E-state index contributed by atoms with van der Waals surface area (Å²) in [4.78, 5) is 12.5. The smallest absolute Gasteiger partial charge is 0.189 e. The van der Waals surface area contributed by atoms with Crippen LogP contribution in [0.4, 0.5) is 5.82 Å². The number of hydrogen-bond donors (Lipinski definition) is 1. The molecule has 5 heteroatoms. The van der Waals surface area contributed by atoms with Crippen molar-refractivity contribution < 1.29 is 0 Å². The molecule has 0 unspecified atom stereocenters. The Morgan fingerprint density at radius 1 is 1.31 bits per heavy atom. The highest BCUT2D eigenvalue weighted by Crippen LogP contribution is 2.11. The summed E-state index contributed by atoms with van der Waals surface area (Å²) >= 11 is 1.53. The normalized spacial score (nSPS) is 10.1. The zero-order valence-electron chi connectivity index (χ0n) is 8.92. The van der Waals surface area contributed by atoms with Gasteiger partial charge in [0, 0.05) is 25.1 Å². The van der Waals surface area contributed by atoms with E-state index in [0.717, 1.165) is 23.1 Å². The summed E-state index contributed by atoms with van der Waals surface area (Å²) in [7, 11) is 0. The Bertz CT molecular complexity index is 447. The number of nitrogens with zero attached hydrogens (tertiary/aromatic N) is 3. The van der Waals surface area contributed by atoms with Crippen molar-refractivity contribution in [2.75, 3.05) is 11.6 Å². The van der Waals surface area contributed by atoms with Crippen LogP contribution in [-0.4, -0.2) is 21.2 Å². The van der Waals surface area contributed by atoms with E-state index in [0.29, 0.717) is 0 Å². The standard InChI is InChI=1S/C11H12N4S/c1-16-11-13-6-4-10(15-11)14-8-9-3-2-5-12-7-9/h2-7H,8H2,1H3,(H,13,14,15). The van der Waals surface area contributed by atoms with Crippen LogP contribution in [0, 0.1) is 0 Å². The minimum atomic E-state index is 0.721. The second-order valence-electron chi connectivity index (χ2n) is 3.14. The van der Waals surface area contributed by atoms with Crippen LogP contribution in [-0.2, 0) is 6.54 Å². The number of hydrogen-bond acceptors (Lipinski definition) is 5. The Morgan fingerprint density at radius 2 is 2.25 bits per heavy atom. The van der Waals surface area contributed by atoms with E-state index >= 15 is 0 Å². The average Bonchev–Trinajstić information content (AvgIpc) is 2.38. The predicted octanol–water partition coefficient (Wildman–Crippen LogP) is 2.21. The maximum absolute atomic E-state index is 4.33. The predicted molar refractivity (Wildman–Crippen MR) is 65.4 cm³/mol. The van der Waals surface area contributed by atoms with Crippen LogP contribution in [0.25, 0.3) is 0 Å². The molecule has 4 nitrogen and oxygen atoms in total. The third-order valence-electron chi connectivity index (χ3n) is 2.01. The van der Waals surface area contributed by atoms with Gasteiger partial charge in [0.25, 0.3) is 0 Å². The van der Waals surface area contributed by atoms with Crippen LogP contribution in [0.15, 0.2) is 41.9 Å². The van der Waals surface area contributed by atoms with E-state index in [9.17, 15) is 0 Å². The van der Waals surface area contributed by atoms with Gasteiger partial charge in [0.05, 0.1) is 0 Å². The van der Waals surface area contributed by atoms with Crippen LogP contribution in [0.2, 0.25) is 0 Å². The number of rotatable bonds is 4. The molecular formula is C11H12N4S. The number of pyridine rings is 1. The van der Waals surface area contributed by atoms with E-state index in [-0.39, 0.29) is 0 Å². The molecular weight excluding hydrogens is 220 g/mol. The van der Waals surface area contributed by atoms with Crippen LogP contribution in [0.1, 0.15) is 5.56 Å². The van der Waals surface area contributed by atoms with Gasteiger partial charge >= 0.3 is 0 Å². The van der Waals surface area contributed by atoms with Gasteiger partial charge in [-0.3, -0.25) is 4.98 Å². The van der Waals surface area contributed by atoms with E-state index in [1.807, 2.05) is 30.7 Å². The molecule has 0 saturated carbocycles. The molecule has 0 aliphatic carbocycles. The van der Waals surface area contributed by atoms with Crippen molar-refractivity contribution in [2.45, 2.75) is 11.7 Å². The highest BCUT2D eigenvalue weighted by Gasteiger charge is 1.97. The first-order valence-corrected chi connectivity index (χ1v) is 6.11. The lowest BCUT2D eigenvalue weighted by atomic mass is 10.3. The summed E-state index contributed by atoms with van der Waals surface area (Å²) < 4.78 is 0. The van der Waals surface area contributed by atoms with Crippen molar-refractivity contribution in [3.05, 3.63) is 42.4 Å². The third-order valence-corrected chi connectivity index (χ3v) is 2.57. The molecule has 0 spiro atoms. The SMILES string of the molecule is CSc1nccc(NCc2cccnc2)n1. The Kier molecular flexibility index (Phi) is 3.71. The molecule has 82 valence electrons. The number of nitrogens with one attached hydrogen (secondary N) is 1. The zero-order valence-corrected chi connectivity index (χ0v) is 9.74. The van der Waals surface area contributed by atoms with E-state index in [4.69, 9.17) is 0 Å². The lowest BCUT2D eigenvalue weighted by Crippen LogP contribution is -2.02. The molecule has 0 atom stereocenters. The molecule has 0 aromatic carbocycles. The fraction of sp³-hybridized carbons (Fsp3) is 0.182. The molecule has 0 aliphatic rings. The number of anilines is 1. The van der Waals surface area contributed by atoms with E-state index < -0.39 is 0 Å². The summed E-state index contributed by atoms with van der Waals surface area (Å²) in [6, 6.07) is 5.80. The molecule has 2 aromatic rings. The van der Waals surface area contributed by atoms with E-state index in [2.05, 4.69) is 20.3 Å². The Labute approximate surface area is 98.6 Å². The quantitative estimate of drug-likeness (QED) is 0.647. The van der Waals surface area contributed by atoms with Gasteiger partial charge in [-0.25, -0.2) is 9.97 Å². The molecule has 2 rings (SSSR count). The monoisotopic (exact) mass is 232 g/mol. The number of aromatic nitrogens is 3. The first-order chi connectivity index (χ1) is 7.88. The van der Waals surface area contributed by atoms with Gasteiger partial charge in [0.1, 0.15) is 5.82 Å². The van der Waals surface area contributed by atoms with Crippen LogP contribution in [0.3, 0.4) is 0 Å². The van der Waals surface area contributed by atoms with Crippen molar-refractivity contribution in [1.82, 2.24) is 15.0 Å². The Hall–Kier alpha value is -1.62. The van der Waals surface area contributed by atoms with Crippen LogP contribution in [0.5, 0.6) is 0 Å². The number of thioether (sulfide) groups is 1. The van der Waals surface area contributed by atoms with Gasteiger partial charge in [-0.15, -0.1) is 0 Å². The summed E-state index contributed by atoms with van der Waals surface area (Å²) in [5.74, 6) is 0.836. The fourth-order valence-corrected chi connectivity index (χ4v) is 1.59. The topological polar surface area (TPSA) is 50.7 Å². The van der Waals surface area contributed by atoms with E-state index in [1.54, 1.807) is 12.4 Å². The Balaban J connectivity index is 1.99. The molecule has 0 saturated heterocycles. The molecule has 0 amide bonds. The van der Waals surface area contributed by atoms with Crippen molar-refractivity contribution in [1.29, 1.82) is 0 Å². The highest BCUT2D eigenvalue weighted by atomic mass is 32.2. The van der Waals surface area contributed by atoms with Crippen molar-refractivity contribution in [3.8, 4) is 0 Å². The Morgan fingerprint density at radius 3 is 3.00 bits per heavy atom. The minimum Gasteiger partial charge on any atom is -0.366 e. The lowest BCUT2D eigenvalue weighted by molar-refractivity contribution is 0.954. The summed E-state index contributed by atoms with van der Waals surface area (Å²) in [5, 5.41) is 4.01. The molecule has 0 fully saturated rings. The fourth-order valence-electron chi connectivity index (χ4n) is 1.23. The third kappa shape index (κ3) is 2.93. The molecule has 16 heavy (non-hydrogen) atoms. The first kappa shape index (κ1) is 10.9. The minimum absolute atomic E-state index is 0.721. The van der Waals surface area contributed by atoms with Crippen molar-refractivity contribution in [3.63, 3.8) is 0 Å². The largest absolute Gasteiger partial charge is 0.366 e. The van der Waals surface area contributed by atoms with Gasteiger partial charge in [0.2, 0.25) is 0 Å². The summed E-state index contributed by atoms with van der Waals surface area (Å²) in [6.45, 7) is 0.721. The van der Waals surface area contributed by atoms with Gasteiger partial charge in [-0.1, -0.05) is 17.8 Å². The highest BCUT2D eigenvalue weighted by molar-refractivity contribution is 7.98. The summed E-state index contributed by atoms with van der Waals surface area (Å²) in [5.41, 5.74) is 1.13. The second-order valence-corrected chi connectivity index (χ2v) is 3.92. The van der Waals surface area contributed by atoms with Crippen molar-refractivity contribution >= 4 is 17.6 Å². The second kappa shape index (κ2) is 5.46. The molecule has 0 radical (unpaired) electrons. The first-order valence-electron chi connectivity index (χ1n) is 4.88. The maximum atomic E-state index is 4.33. The molecule has 2 aromatic heterocycles. The zero-order chi connectivity index (χ0) is 11.2. The van der Waals surface area contributed by atoms with Crippen LogP contribution < -0.4 is 5.32 Å². The van der Waals surface area contributed by atoms with Crippen LogP contribution >= 0.6 is 11.8 Å². The van der Waals surface area contributed by atoms with Gasteiger partial charge in [0.15, 0.2) is 5.16 Å². The molecule has 0 bridgehead atoms. The van der Waals surface area contributed by atoms with Gasteiger partial charge in [-0.05, 0) is 24.0 Å². The van der Waals surface area contributed by atoms with E-state index in [1.165, 1.54) is 11.8 Å². The molecule has 0 aliphatic heterocycles. The van der Waals surface area contributed by atoms with Crippen molar-refractivity contribution in [2.24, 2.45) is 0 Å². The molecule has 1 N–H and O–H groups in total. The molecule has 2 heterocycles. The summed E-state index contributed by atoms with van der Waals surface area (Å²) in [6.07, 6.45) is 7.31. The van der Waals surface area contributed by atoms with Gasteiger partial charge in [-0.2, -0.15) is 0 Å². The van der Waals surface area contributed by atoms with Gasteiger partial charge < -0.3 is 5.32 Å². The average molecular weight is 232 g/mol. The maximum Gasteiger partial charge on any atom is 0.189 e. The lowest BCUT2D eigenvalue weighted by Gasteiger charge is -2.05.